The number of nitrogens with zero attached hydrogens (tertiary/aromatic N) is 4. The van der Waals surface area contributed by atoms with Crippen molar-refractivity contribution in [3.8, 4) is 11.1 Å². The maximum Gasteiger partial charge on any atom is 0.337 e. The van der Waals surface area contributed by atoms with Gasteiger partial charge in [-0.15, -0.1) is 0 Å². The van der Waals surface area contributed by atoms with Crippen LogP contribution in [-0.4, -0.2) is 50.3 Å². The average molecular weight is 314 g/mol. The number of aromatic nitrogens is 3. The summed E-state index contributed by atoms with van der Waals surface area (Å²) in [6, 6.07) is 1.58. The Morgan fingerprint density at radius 3 is 2.70 bits per heavy atom. The lowest BCUT2D eigenvalue weighted by Crippen LogP contribution is -2.36. The van der Waals surface area contributed by atoms with Crippen LogP contribution in [0.5, 0.6) is 0 Å². The van der Waals surface area contributed by atoms with Crippen molar-refractivity contribution in [2.75, 3.05) is 18.0 Å². The van der Waals surface area contributed by atoms with Crippen LogP contribution in [0.4, 0.5) is 5.82 Å². The lowest BCUT2D eigenvalue weighted by Gasteiger charge is -2.31. The van der Waals surface area contributed by atoms with Crippen molar-refractivity contribution in [1.29, 1.82) is 0 Å². The van der Waals surface area contributed by atoms with Crippen molar-refractivity contribution in [3.05, 3.63) is 36.0 Å². The lowest BCUT2D eigenvalue weighted by atomic mass is 10.0. The molecule has 0 bridgehead atoms. The molecule has 7 nitrogen and oxygen atoms in total. The number of aliphatic hydroxyl groups excluding tert-OH is 1. The highest BCUT2D eigenvalue weighted by molar-refractivity contribution is 5.89. The number of anilines is 1. The van der Waals surface area contributed by atoms with E-state index in [1.165, 1.54) is 6.20 Å². The molecule has 2 aromatic rings. The molecule has 0 aliphatic carbocycles. The topological polar surface area (TPSA) is 99.4 Å². The fourth-order valence-corrected chi connectivity index (χ4v) is 2.68. The van der Waals surface area contributed by atoms with Crippen molar-refractivity contribution < 1.29 is 15.0 Å². The molecule has 3 rings (SSSR count). The second kappa shape index (κ2) is 6.29. The van der Waals surface area contributed by atoms with Gasteiger partial charge in [0.25, 0.3) is 0 Å². The average Bonchev–Trinajstić information content (AvgIpc) is 2.55. The number of carbonyl (C=O) groups is 1. The Morgan fingerprint density at radius 1 is 1.26 bits per heavy atom. The largest absolute Gasteiger partial charge is 0.478 e. The van der Waals surface area contributed by atoms with Gasteiger partial charge in [0, 0.05) is 42.8 Å². The molecular formula is C16H18N4O3. The van der Waals surface area contributed by atoms with E-state index >= 15 is 0 Å². The number of piperidine rings is 1. The van der Waals surface area contributed by atoms with Crippen molar-refractivity contribution in [2.24, 2.45) is 0 Å². The van der Waals surface area contributed by atoms with Crippen LogP contribution in [0.25, 0.3) is 11.1 Å². The van der Waals surface area contributed by atoms with Crippen LogP contribution in [-0.2, 0) is 0 Å². The molecule has 7 heteroatoms. The third-order valence-corrected chi connectivity index (χ3v) is 3.95. The van der Waals surface area contributed by atoms with Crippen LogP contribution >= 0.6 is 0 Å². The Kier molecular flexibility index (Phi) is 4.20. The second-order valence-corrected chi connectivity index (χ2v) is 5.64. The number of pyridine rings is 1. The third-order valence-electron chi connectivity index (χ3n) is 3.95. The van der Waals surface area contributed by atoms with E-state index in [2.05, 4.69) is 19.9 Å². The number of carboxylic acids is 1. The zero-order valence-electron chi connectivity index (χ0n) is 12.8. The highest BCUT2D eigenvalue weighted by atomic mass is 16.4. The summed E-state index contributed by atoms with van der Waals surface area (Å²) < 4.78 is 0. The summed E-state index contributed by atoms with van der Waals surface area (Å²) >= 11 is 0. The molecule has 120 valence electrons. The molecule has 0 aromatic carbocycles. The van der Waals surface area contributed by atoms with E-state index < -0.39 is 5.97 Å². The van der Waals surface area contributed by atoms with Gasteiger partial charge in [0.05, 0.1) is 11.7 Å². The first-order chi connectivity index (χ1) is 11.0. The first-order valence-corrected chi connectivity index (χ1v) is 7.50. The van der Waals surface area contributed by atoms with E-state index in [0.717, 1.165) is 11.4 Å². The predicted octanol–water partition coefficient (Wildman–Crippen LogP) is 1.51. The Hall–Kier alpha value is -2.54. The van der Waals surface area contributed by atoms with Crippen LogP contribution in [0.2, 0.25) is 0 Å². The van der Waals surface area contributed by atoms with Gasteiger partial charge in [0.15, 0.2) is 0 Å². The predicted molar refractivity (Wildman–Crippen MR) is 84.4 cm³/mol. The van der Waals surface area contributed by atoms with E-state index in [1.807, 2.05) is 6.92 Å². The summed E-state index contributed by atoms with van der Waals surface area (Å²) in [6.07, 6.45) is 5.74. The number of aryl methyl sites for hydroxylation is 1. The van der Waals surface area contributed by atoms with Crippen LogP contribution in [0, 0.1) is 6.92 Å². The van der Waals surface area contributed by atoms with Gasteiger partial charge in [0.1, 0.15) is 11.6 Å². The molecule has 0 atom stereocenters. The minimum Gasteiger partial charge on any atom is -0.478 e. The van der Waals surface area contributed by atoms with E-state index in [1.54, 1.807) is 18.5 Å². The quantitative estimate of drug-likeness (QED) is 0.885. The highest BCUT2D eigenvalue weighted by Crippen LogP contribution is 2.30. The van der Waals surface area contributed by atoms with E-state index in [4.69, 9.17) is 5.11 Å². The molecule has 23 heavy (non-hydrogen) atoms. The smallest absolute Gasteiger partial charge is 0.337 e. The summed E-state index contributed by atoms with van der Waals surface area (Å²) in [5, 5.41) is 18.8. The van der Waals surface area contributed by atoms with Gasteiger partial charge in [-0.3, -0.25) is 4.98 Å². The highest BCUT2D eigenvalue weighted by Gasteiger charge is 2.22. The zero-order chi connectivity index (χ0) is 16.4. The van der Waals surface area contributed by atoms with Gasteiger partial charge in [-0.25, -0.2) is 14.8 Å². The number of hydrogen-bond acceptors (Lipinski definition) is 6. The number of hydrogen-bond donors (Lipinski definition) is 2. The molecule has 1 aliphatic heterocycles. The number of carboxylic acid groups (broad SMARTS) is 1. The summed E-state index contributed by atoms with van der Waals surface area (Å²) in [6.45, 7) is 3.23. The summed E-state index contributed by atoms with van der Waals surface area (Å²) in [5.41, 5.74) is 1.55. The van der Waals surface area contributed by atoms with Gasteiger partial charge in [0.2, 0.25) is 0 Å². The first kappa shape index (κ1) is 15.4. The van der Waals surface area contributed by atoms with Crippen LogP contribution in [0.1, 0.15) is 29.0 Å². The molecule has 1 fully saturated rings. The van der Waals surface area contributed by atoms with Crippen LogP contribution in [0.3, 0.4) is 0 Å². The Labute approximate surface area is 133 Å². The molecule has 0 unspecified atom stereocenters. The van der Waals surface area contributed by atoms with Gasteiger partial charge in [-0.2, -0.15) is 0 Å². The van der Waals surface area contributed by atoms with Gasteiger partial charge >= 0.3 is 5.97 Å². The maximum absolute atomic E-state index is 11.2. The minimum atomic E-state index is -1.02. The Morgan fingerprint density at radius 2 is 2.00 bits per heavy atom. The van der Waals surface area contributed by atoms with E-state index in [0.29, 0.717) is 37.3 Å². The molecule has 0 amide bonds. The second-order valence-electron chi connectivity index (χ2n) is 5.64. The van der Waals surface area contributed by atoms with Crippen molar-refractivity contribution in [3.63, 3.8) is 0 Å². The summed E-state index contributed by atoms with van der Waals surface area (Å²) in [5.74, 6) is 0.390. The minimum absolute atomic E-state index is 0.128. The zero-order valence-corrected chi connectivity index (χ0v) is 12.8. The Balaban J connectivity index is 2.02. The fraction of sp³-hybridized carbons (Fsp3) is 0.375. The third kappa shape index (κ3) is 3.29. The van der Waals surface area contributed by atoms with Gasteiger partial charge in [-0.1, -0.05) is 0 Å². The van der Waals surface area contributed by atoms with E-state index in [9.17, 15) is 9.90 Å². The summed E-state index contributed by atoms with van der Waals surface area (Å²) in [4.78, 5) is 26.0. The standard InChI is InChI=1S/C16H18N4O3/c1-10-18-9-14(11-6-12(16(22)23)8-17-7-11)15(19-10)20-4-2-13(21)3-5-20/h6-9,13,21H,2-5H2,1H3,(H,22,23). The summed E-state index contributed by atoms with van der Waals surface area (Å²) in [7, 11) is 0. The monoisotopic (exact) mass is 314 g/mol. The van der Waals surface area contributed by atoms with Gasteiger partial charge in [-0.05, 0) is 25.8 Å². The Bertz CT molecular complexity index is 727. The van der Waals surface area contributed by atoms with E-state index in [-0.39, 0.29) is 11.7 Å². The number of rotatable bonds is 3. The molecule has 1 saturated heterocycles. The van der Waals surface area contributed by atoms with Crippen molar-refractivity contribution in [1.82, 2.24) is 15.0 Å². The molecule has 2 aromatic heterocycles. The van der Waals surface area contributed by atoms with Gasteiger partial charge < -0.3 is 15.1 Å². The molecule has 3 heterocycles. The molecule has 0 saturated carbocycles. The van der Waals surface area contributed by atoms with Crippen molar-refractivity contribution >= 4 is 11.8 Å². The fourth-order valence-electron chi connectivity index (χ4n) is 2.68. The van der Waals surface area contributed by atoms with Crippen LogP contribution in [0.15, 0.2) is 24.7 Å². The molecule has 0 spiro atoms. The SMILES string of the molecule is Cc1ncc(-c2cncc(C(=O)O)c2)c(N2CCC(O)CC2)n1. The maximum atomic E-state index is 11.2. The normalized spacial score (nSPS) is 15.7. The molecule has 0 radical (unpaired) electrons. The number of aliphatic hydroxyl groups is 1. The lowest BCUT2D eigenvalue weighted by molar-refractivity contribution is 0.0696. The first-order valence-electron chi connectivity index (χ1n) is 7.50. The number of aromatic carboxylic acids is 1. The molecule has 1 aliphatic rings. The van der Waals surface area contributed by atoms with Crippen molar-refractivity contribution in [2.45, 2.75) is 25.9 Å². The van der Waals surface area contributed by atoms with Crippen LogP contribution < -0.4 is 4.90 Å². The molecular weight excluding hydrogens is 296 g/mol. The molecule has 2 N–H and O–H groups in total.